The van der Waals surface area contributed by atoms with Gasteiger partial charge in [-0.1, -0.05) is 76.5 Å². The lowest BCUT2D eigenvalue weighted by molar-refractivity contribution is -0.134. The van der Waals surface area contributed by atoms with E-state index in [9.17, 15) is 9.59 Å². The fourth-order valence-corrected chi connectivity index (χ4v) is 6.87. The maximum absolute atomic E-state index is 13.3. The van der Waals surface area contributed by atoms with E-state index in [0.717, 1.165) is 46.8 Å². The van der Waals surface area contributed by atoms with Gasteiger partial charge in [0, 0.05) is 40.4 Å². The van der Waals surface area contributed by atoms with Crippen molar-refractivity contribution in [2.75, 3.05) is 18.4 Å². The lowest BCUT2D eigenvalue weighted by Gasteiger charge is -2.24. The second-order valence-corrected chi connectivity index (χ2v) is 11.2. The van der Waals surface area contributed by atoms with Crippen molar-refractivity contribution in [2.24, 2.45) is 0 Å². The zero-order valence-electron chi connectivity index (χ0n) is 21.2. The number of carbonyl (C=O) groups is 2. The number of hydrogen-bond acceptors (Lipinski definition) is 5. The molecule has 190 valence electrons. The van der Waals surface area contributed by atoms with E-state index in [-0.39, 0.29) is 12.3 Å². The van der Waals surface area contributed by atoms with E-state index >= 15 is 0 Å². The molecule has 0 bridgehead atoms. The highest BCUT2D eigenvalue weighted by molar-refractivity contribution is 8.07. The fraction of sp³-hybridized carbons (Fsp3) is 0.586. The summed E-state index contributed by atoms with van der Waals surface area (Å²) in [7, 11) is 0. The Morgan fingerprint density at radius 1 is 1.03 bits per heavy atom. The van der Waals surface area contributed by atoms with Gasteiger partial charge in [-0.05, 0) is 49.4 Å². The van der Waals surface area contributed by atoms with Crippen molar-refractivity contribution < 1.29 is 14.7 Å². The SMILES string of the molecule is CCCCCCCCCCCCN1C2=C(CCC2)SC1=C1Cc2cc(NCC(=O)O)ccc2C1=O. The van der Waals surface area contributed by atoms with Crippen LogP contribution in [-0.4, -0.2) is 34.8 Å². The largest absolute Gasteiger partial charge is 0.480 e. The first-order valence-corrected chi connectivity index (χ1v) is 14.4. The summed E-state index contributed by atoms with van der Waals surface area (Å²) in [5.74, 6) is -0.753. The van der Waals surface area contributed by atoms with E-state index in [1.54, 1.807) is 0 Å². The van der Waals surface area contributed by atoms with Gasteiger partial charge in [0.1, 0.15) is 6.54 Å². The van der Waals surface area contributed by atoms with E-state index < -0.39 is 5.97 Å². The summed E-state index contributed by atoms with van der Waals surface area (Å²) in [6, 6.07) is 5.61. The predicted molar refractivity (Wildman–Crippen MR) is 145 cm³/mol. The molecule has 2 N–H and O–H groups in total. The first-order chi connectivity index (χ1) is 17.1. The third-order valence-corrected chi connectivity index (χ3v) is 8.70. The quantitative estimate of drug-likeness (QED) is 0.205. The average Bonchev–Trinajstić information content (AvgIpc) is 3.52. The molecule has 5 nitrogen and oxygen atoms in total. The number of carbonyl (C=O) groups excluding carboxylic acids is 1. The molecule has 1 aliphatic heterocycles. The Morgan fingerprint density at radius 3 is 2.46 bits per heavy atom. The van der Waals surface area contributed by atoms with E-state index in [1.165, 1.54) is 81.2 Å². The van der Waals surface area contributed by atoms with Crippen molar-refractivity contribution in [3.8, 4) is 0 Å². The third kappa shape index (κ3) is 6.52. The molecule has 0 atom stereocenters. The second-order valence-electron chi connectivity index (χ2n) is 10.1. The number of nitrogens with one attached hydrogen (secondary N) is 1. The van der Waals surface area contributed by atoms with E-state index in [2.05, 4.69) is 17.1 Å². The molecule has 0 saturated carbocycles. The smallest absolute Gasteiger partial charge is 0.322 e. The van der Waals surface area contributed by atoms with Crippen molar-refractivity contribution >= 4 is 29.2 Å². The van der Waals surface area contributed by atoms with Crippen LogP contribution >= 0.6 is 11.8 Å². The molecule has 3 aliphatic rings. The van der Waals surface area contributed by atoms with Crippen LogP contribution in [0, 0.1) is 0 Å². The third-order valence-electron chi connectivity index (χ3n) is 7.36. The number of carboxylic acids is 1. The van der Waals surface area contributed by atoms with Gasteiger partial charge in [0.25, 0.3) is 0 Å². The molecule has 0 radical (unpaired) electrons. The molecule has 0 saturated heterocycles. The molecule has 6 heteroatoms. The molecule has 0 unspecified atom stereocenters. The Labute approximate surface area is 214 Å². The molecule has 1 heterocycles. The number of nitrogens with zero attached hydrogens (tertiary/aromatic N) is 1. The van der Waals surface area contributed by atoms with Gasteiger partial charge < -0.3 is 15.3 Å². The molecular weight excluding hydrogens is 456 g/mol. The van der Waals surface area contributed by atoms with Gasteiger partial charge in [-0.2, -0.15) is 0 Å². The molecule has 0 aromatic heterocycles. The van der Waals surface area contributed by atoms with E-state index in [0.29, 0.717) is 6.42 Å². The highest BCUT2D eigenvalue weighted by Gasteiger charge is 2.37. The minimum Gasteiger partial charge on any atom is -0.480 e. The maximum atomic E-state index is 13.3. The highest BCUT2D eigenvalue weighted by Crippen LogP contribution is 2.51. The summed E-state index contributed by atoms with van der Waals surface area (Å²) in [4.78, 5) is 28.2. The van der Waals surface area contributed by atoms with Gasteiger partial charge in [0.15, 0.2) is 5.78 Å². The fourth-order valence-electron chi connectivity index (χ4n) is 5.46. The summed E-state index contributed by atoms with van der Waals surface area (Å²) in [6.07, 6.45) is 17.4. The first kappa shape index (κ1) is 25.9. The number of fused-ring (bicyclic) bond motifs is 1. The molecule has 1 aromatic carbocycles. The van der Waals surface area contributed by atoms with Crippen LogP contribution in [0.1, 0.15) is 106 Å². The number of ketones is 1. The number of anilines is 1. The van der Waals surface area contributed by atoms with Crippen LogP contribution in [0.2, 0.25) is 0 Å². The van der Waals surface area contributed by atoms with Crippen LogP contribution in [0.25, 0.3) is 0 Å². The summed E-state index contributed by atoms with van der Waals surface area (Å²) >= 11 is 1.83. The molecule has 2 aliphatic carbocycles. The standard InChI is InChI=1S/C29H40N2O3S/c1-2-3-4-5-6-7-8-9-10-11-17-31-25-13-12-14-26(25)35-29(31)24-19-21-18-22(30-20-27(32)33)15-16-23(21)28(24)34/h15-16,18,30H,2-14,17,19-20H2,1H3,(H,32,33). The number of hydrogen-bond donors (Lipinski definition) is 2. The Hall–Kier alpha value is -2.21. The van der Waals surface area contributed by atoms with E-state index in [4.69, 9.17) is 5.11 Å². The van der Waals surface area contributed by atoms with Crippen molar-refractivity contribution in [3.05, 3.63) is 50.5 Å². The first-order valence-electron chi connectivity index (χ1n) is 13.6. The summed E-state index contributed by atoms with van der Waals surface area (Å²) in [6.45, 7) is 3.15. The minimum atomic E-state index is -0.894. The van der Waals surface area contributed by atoms with Crippen LogP contribution in [0.3, 0.4) is 0 Å². The number of Topliss-reactive ketones (excluding diaryl/α,β-unsaturated/α-hetero) is 1. The monoisotopic (exact) mass is 496 g/mol. The van der Waals surface area contributed by atoms with Crippen molar-refractivity contribution in [2.45, 2.75) is 96.8 Å². The number of thioether (sulfide) groups is 1. The van der Waals surface area contributed by atoms with Crippen LogP contribution in [0.5, 0.6) is 0 Å². The molecular formula is C29H40N2O3S. The Morgan fingerprint density at radius 2 is 1.74 bits per heavy atom. The Kier molecular flexibility index (Phi) is 9.36. The van der Waals surface area contributed by atoms with Crippen molar-refractivity contribution in [1.29, 1.82) is 0 Å². The van der Waals surface area contributed by atoms with Crippen LogP contribution in [0.4, 0.5) is 5.69 Å². The lowest BCUT2D eigenvalue weighted by atomic mass is 10.1. The van der Waals surface area contributed by atoms with Crippen LogP contribution in [0.15, 0.2) is 39.4 Å². The molecule has 0 spiro atoms. The number of allylic oxidation sites excluding steroid dienone is 3. The second kappa shape index (κ2) is 12.7. The van der Waals surface area contributed by atoms with Gasteiger partial charge in [-0.15, -0.1) is 0 Å². The van der Waals surface area contributed by atoms with Crippen LogP contribution < -0.4 is 5.32 Å². The van der Waals surface area contributed by atoms with Gasteiger partial charge in [0.05, 0.1) is 5.03 Å². The average molecular weight is 497 g/mol. The molecule has 1 aromatic rings. The minimum absolute atomic E-state index is 0.125. The zero-order valence-corrected chi connectivity index (χ0v) is 22.0. The molecule has 0 fully saturated rings. The van der Waals surface area contributed by atoms with Gasteiger partial charge in [0.2, 0.25) is 0 Å². The Balaban J connectivity index is 1.34. The van der Waals surface area contributed by atoms with Gasteiger partial charge in [-0.3, -0.25) is 9.59 Å². The zero-order chi connectivity index (χ0) is 24.6. The maximum Gasteiger partial charge on any atom is 0.322 e. The number of unbranched alkanes of at least 4 members (excludes halogenated alkanes) is 9. The van der Waals surface area contributed by atoms with Crippen LogP contribution in [-0.2, 0) is 11.2 Å². The summed E-state index contributed by atoms with van der Waals surface area (Å²) in [5.41, 5.74) is 4.90. The molecule has 35 heavy (non-hydrogen) atoms. The predicted octanol–water partition coefficient (Wildman–Crippen LogP) is 7.50. The number of aliphatic carboxylic acids is 1. The lowest BCUT2D eigenvalue weighted by Crippen LogP contribution is -2.21. The summed E-state index contributed by atoms with van der Waals surface area (Å²) < 4.78 is 0. The van der Waals surface area contributed by atoms with Crippen molar-refractivity contribution in [1.82, 2.24) is 4.90 Å². The Bertz CT molecular complexity index is 998. The number of carboxylic acid groups (broad SMARTS) is 1. The van der Waals surface area contributed by atoms with Gasteiger partial charge in [-0.25, -0.2) is 0 Å². The molecule has 0 amide bonds. The highest BCUT2D eigenvalue weighted by atomic mass is 32.2. The number of benzene rings is 1. The number of rotatable bonds is 14. The van der Waals surface area contributed by atoms with E-state index in [1.807, 2.05) is 30.0 Å². The molecule has 4 rings (SSSR count). The van der Waals surface area contributed by atoms with Gasteiger partial charge >= 0.3 is 5.97 Å². The topological polar surface area (TPSA) is 69.6 Å². The van der Waals surface area contributed by atoms with Crippen molar-refractivity contribution in [3.63, 3.8) is 0 Å². The normalized spacial score (nSPS) is 19.0. The summed E-state index contributed by atoms with van der Waals surface area (Å²) in [5, 5.41) is 13.0.